The maximum Gasteiger partial charge on any atom is 0.241 e. The van der Waals surface area contributed by atoms with Crippen LogP contribution in [0.2, 0.25) is 0 Å². The van der Waals surface area contributed by atoms with Crippen LogP contribution in [0.1, 0.15) is 70.7 Å². The lowest BCUT2D eigenvalue weighted by Crippen LogP contribution is -2.47. The normalized spacial score (nSPS) is 18.6. The minimum Gasteiger partial charge on any atom is -0.392 e. The number of likely N-dealkylation sites (N-methyl/N-ethyl adjacent to an activating group) is 1. The Morgan fingerprint density at radius 3 is 2.06 bits per heavy atom. The summed E-state index contributed by atoms with van der Waals surface area (Å²) in [7, 11) is -1.85. The number of nitrogens with zero attached hydrogens (tertiary/aromatic N) is 1. The molecule has 1 fully saturated rings. The molecule has 0 radical (unpaired) electrons. The van der Waals surface area contributed by atoms with Gasteiger partial charge in [0.25, 0.3) is 0 Å². The lowest BCUT2D eigenvalue weighted by molar-refractivity contribution is -0.253. The Morgan fingerprint density at radius 2 is 1.41 bits per heavy atom. The van der Waals surface area contributed by atoms with Crippen LogP contribution in [0.4, 0.5) is 0 Å². The van der Waals surface area contributed by atoms with E-state index >= 15 is 0 Å². The van der Waals surface area contributed by atoms with Gasteiger partial charge in [0.05, 0.1) is 23.7 Å². The van der Waals surface area contributed by atoms with E-state index in [1.165, 1.54) is 17.7 Å². The van der Waals surface area contributed by atoms with Gasteiger partial charge in [-0.05, 0) is 67.3 Å². The second-order valence-corrected chi connectivity index (χ2v) is 15.7. The summed E-state index contributed by atoms with van der Waals surface area (Å²) in [6, 6.07) is 41.0. The maximum absolute atomic E-state index is 13.6. The number of nitrogens with one attached hydrogen (secondary N) is 2. The number of aliphatic hydroxyl groups excluding tert-OH is 1. The van der Waals surface area contributed by atoms with Crippen molar-refractivity contribution < 1.29 is 27.8 Å². The molecule has 5 aromatic rings. The molecule has 1 amide bonds. The molecule has 0 saturated carbocycles. The number of amides is 1. The summed E-state index contributed by atoms with van der Waals surface area (Å²) in [6.45, 7) is 4.96. The summed E-state index contributed by atoms with van der Waals surface area (Å²) < 4.78 is 42.4. The Morgan fingerprint density at radius 1 is 0.796 bits per heavy atom. The highest BCUT2D eigenvalue weighted by Crippen LogP contribution is 2.38. The second kappa shape index (κ2) is 18.1. The minimum atomic E-state index is -3.95. The van der Waals surface area contributed by atoms with Crippen molar-refractivity contribution in [3.63, 3.8) is 0 Å². The third-order valence-corrected chi connectivity index (χ3v) is 11.5. The van der Waals surface area contributed by atoms with E-state index in [-0.39, 0.29) is 42.7 Å². The van der Waals surface area contributed by atoms with Crippen molar-refractivity contribution in [2.75, 3.05) is 13.6 Å². The zero-order chi connectivity index (χ0) is 38.1. The van der Waals surface area contributed by atoms with Crippen molar-refractivity contribution in [3.8, 4) is 0 Å². The number of sulfonamides is 1. The predicted molar refractivity (Wildman–Crippen MR) is 210 cm³/mol. The monoisotopic (exact) mass is 747 g/mol. The van der Waals surface area contributed by atoms with Gasteiger partial charge in [-0.15, -0.1) is 0 Å². The van der Waals surface area contributed by atoms with Crippen LogP contribution in [0.3, 0.4) is 0 Å². The fourth-order valence-corrected chi connectivity index (χ4v) is 7.81. The number of aliphatic hydroxyl groups is 1. The summed E-state index contributed by atoms with van der Waals surface area (Å²) in [5, 5.41) is 12.5. The van der Waals surface area contributed by atoms with Gasteiger partial charge in [-0.1, -0.05) is 127 Å². The van der Waals surface area contributed by atoms with Crippen LogP contribution >= 0.6 is 0 Å². The first-order valence-electron chi connectivity index (χ1n) is 18.3. The van der Waals surface area contributed by atoms with E-state index in [1.807, 2.05) is 91.9 Å². The lowest BCUT2D eigenvalue weighted by Gasteiger charge is -2.39. The SMILES string of the molecule is Cc1ccc(S(=O)(=O)N[C@H](Cc2ccccc2)C(=O)NCc2ccc([C@H]3O[C@@H](CN(C)[C@@H](C)c4ccccc4)C[C@@H](c4ccc(CO)cc4)O3)cc2)cc1. The first-order valence-corrected chi connectivity index (χ1v) is 19.8. The van der Waals surface area contributed by atoms with E-state index in [0.29, 0.717) is 13.0 Å². The van der Waals surface area contributed by atoms with Crippen molar-refractivity contribution >= 4 is 15.9 Å². The van der Waals surface area contributed by atoms with Crippen molar-refractivity contribution in [2.24, 2.45) is 0 Å². The second-order valence-electron chi connectivity index (χ2n) is 14.0. The van der Waals surface area contributed by atoms with Gasteiger partial charge in [-0.25, -0.2) is 8.42 Å². The fourth-order valence-electron chi connectivity index (χ4n) is 6.61. The van der Waals surface area contributed by atoms with Gasteiger partial charge in [0.2, 0.25) is 15.9 Å². The van der Waals surface area contributed by atoms with E-state index in [4.69, 9.17) is 9.47 Å². The number of carbonyl (C=O) groups excluding carboxylic acids is 1. The molecule has 5 aromatic carbocycles. The molecule has 54 heavy (non-hydrogen) atoms. The smallest absolute Gasteiger partial charge is 0.241 e. The summed E-state index contributed by atoms with van der Waals surface area (Å²) in [4.78, 5) is 16.0. The number of ether oxygens (including phenoxy) is 2. The van der Waals surface area contributed by atoms with Gasteiger partial charge in [0, 0.05) is 31.1 Å². The molecule has 282 valence electrons. The number of hydrogen-bond acceptors (Lipinski definition) is 7. The van der Waals surface area contributed by atoms with E-state index in [1.54, 1.807) is 12.1 Å². The predicted octanol–water partition coefficient (Wildman–Crippen LogP) is 6.93. The summed E-state index contributed by atoms with van der Waals surface area (Å²) in [5.41, 5.74) is 6.56. The molecule has 1 aliphatic heterocycles. The largest absolute Gasteiger partial charge is 0.392 e. The van der Waals surface area contributed by atoms with Gasteiger partial charge < -0.3 is 19.9 Å². The van der Waals surface area contributed by atoms with E-state index in [9.17, 15) is 18.3 Å². The highest BCUT2D eigenvalue weighted by molar-refractivity contribution is 7.89. The van der Waals surface area contributed by atoms with Crippen molar-refractivity contribution in [1.82, 2.24) is 14.9 Å². The number of rotatable bonds is 15. The fraction of sp³-hybridized carbons (Fsp3) is 0.295. The van der Waals surface area contributed by atoms with E-state index < -0.39 is 28.3 Å². The molecule has 0 bridgehead atoms. The Bertz CT molecular complexity index is 2040. The summed E-state index contributed by atoms with van der Waals surface area (Å²) >= 11 is 0. The topological polar surface area (TPSA) is 117 Å². The molecule has 0 aromatic heterocycles. The van der Waals surface area contributed by atoms with Crippen LogP contribution in [0, 0.1) is 6.92 Å². The first kappa shape index (κ1) is 39.0. The van der Waals surface area contributed by atoms with Gasteiger partial charge >= 0.3 is 0 Å². The Kier molecular flexibility index (Phi) is 13.1. The van der Waals surface area contributed by atoms with Gasteiger partial charge in [-0.2, -0.15) is 4.72 Å². The molecule has 0 spiro atoms. The van der Waals surface area contributed by atoms with E-state index in [0.717, 1.165) is 33.4 Å². The number of hydrogen-bond donors (Lipinski definition) is 3. The Labute approximate surface area is 319 Å². The van der Waals surface area contributed by atoms with Gasteiger partial charge in [0.15, 0.2) is 6.29 Å². The zero-order valence-electron chi connectivity index (χ0n) is 31.0. The Balaban J connectivity index is 1.14. The van der Waals surface area contributed by atoms with Crippen molar-refractivity contribution in [1.29, 1.82) is 0 Å². The molecular formula is C44H49N3O6S. The minimum absolute atomic E-state index is 0.0220. The first-order chi connectivity index (χ1) is 26.1. The summed E-state index contributed by atoms with van der Waals surface area (Å²) in [6.07, 6.45) is -0.0975. The van der Waals surface area contributed by atoms with E-state index in [2.05, 4.69) is 53.2 Å². The molecule has 0 unspecified atom stereocenters. The molecule has 1 aliphatic rings. The van der Waals surface area contributed by atoms with Gasteiger partial charge in [0.1, 0.15) is 6.04 Å². The average molecular weight is 748 g/mol. The quantitative estimate of drug-likeness (QED) is 0.106. The molecule has 5 atom stereocenters. The van der Waals surface area contributed by atoms with Crippen molar-refractivity contribution in [2.45, 2.75) is 75.3 Å². The van der Waals surface area contributed by atoms with Crippen molar-refractivity contribution in [3.05, 3.63) is 172 Å². The molecule has 1 heterocycles. The lowest BCUT2D eigenvalue weighted by atomic mass is 9.99. The van der Waals surface area contributed by atoms with Gasteiger partial charge in [-0.3, -0.25) is 9.69 Å². The Hall–Kier alpha value is -4.68. The highest BCUT2D eigenvalue weighted by atomic mass is 32.2. The molecule has 6 rings (SSSR count). The van der Waals surface area contributed by atoms with Crippen LogP contribution in [0.5, 0.6) is 0 Å². The molecular weight excluding hydrogens is 699 g/mol. The number of carbonyl (C=O) groups is 1. The molecule has 9 nitrogen and oxygen atoms in total. The third kappa shape index (κ3) is 10.3. The van der Waals surface area contributed by atoms with Crippen LogP contribution < -0.4 is 10.0 Å². The number of aryl methyl sites for hydroxylation is 1. The number of benzene rings is 5. The average Bonchev–Trinajstić information content (AvgIpc) is 3.20. The van der Waals surface area contributed by atoms with Crippen LogP contribution in [-0.2, 0) is 43.9 Å². The molecule has 0 aliphatic carbocycles. The highest BCUT2D eigenvalue weighted by Gasteiger charge is 2.33. The van der Waals surface area contributed by atoms with Crippen LogP contribution in [0.25, 0.3) is 0 Å². The van der Waals surface area contributed by atoms with Crippen LogP contribution in [0.15, 0.2) is 138 Å². The standard InChI is InChI=1S/C44H49N3O6S/c1-31-14-24-40(25-15-31)54(50,51)46-41(26-33-10-6-4-7-11-33)43(49)45-28-34-16-22-38(23-17-34)44-52-39(29-47(3)32(2)36-12-8-5-9-13-36)27-42(53-44)37-20-18-35(30-48)19-21-37/h4-25,32,39,41-42,44,46,48H,26-30H2,1-3H3,(H,45,49)/t32-,39+,41+,42-,44-/m0/s1. The maximum atomic E-state index is 13.6. The molecule has 3 N–H and O–H groups in total. The molecule has 1 saturated heterocycles. The summed E-state index contributed by atoms with van der Waals surface area (Å²) in [5.74, 6) is -0.427. The zero-order valence-corrected chi connectivity index (χ0v) is 31.8. The third-order valence-electron chi connectivity index (χ3n) is 10.00. The van der Waals surface area contributed by atoms with Crippen LogP contribution in [-0.4, -0.2) is 50.1 Å². The molecule has 10 heteroatoms.